The fourth-order valence-corrected chi connectivity index (χ4v) is 2.33. The summed E-state index contributed by atoms with van der Waals surface area (Å²) in [6.45, 7) is 5.78. The van der Waals surface area contributed by atoms with Crippen LogP contribution in [0.4, 0.5) is 10.1 Å². The standard InChI is InChI=1S/C18H19ClFNO2/c1-11(2)15-9-16(19)12(3)7-17(15)23-10-18(22)21-14-6-4-5-13(20)8-14/h4-9,11H,10H2,1-3H3,(H,21,22). The third kappa shape index (κ3) is 4.70. The van der Waals surface area contributed by atoms with Crippen LogP contribution in [-0.2, 0) is 4.79 Å². The topological polar surface area (TPSA) is 38.3 Å². The van der Waals surface area contributed by atoms with Crippen LogP contribution in [0.25, 0.3) is 0 Å². The highest BCUT2D eigenvalue weighted by molar-refractivity contribution is 6.31. The van der Waals surface area contributed by atoms with Gasteiger partial charge >= 0.3 is 0 Å². The molecule has 5 heteroatoms. The molecule has 2 aromatic rings. The minimum atomic E-state index is -0.404. The number of aryl methyl sites for hydroxylation is 1. The van der Waals surface area contributed by atoms with Crippen molar-refractivity contribution < 1.29 is 13.9 Å². The molecule has 0 aliphatic rings. The first kappa shape index (κ1) is 17.3. The van der Waals surface area contributed by atoms with Gasteiger partial charge in [-0.25, -0.2) is 4.39 Å². The van der Waals surface area contributed by atoms with E-state index in [1.807, 2.05) is 32.9 Å². The van der Waals surface area contributed by atoms with E-state index < -0.39 is 5.82 Å². The molecule has 3 nitrogen and oxygen atoms in total. The Kier molecular flexibility index (Phi) is 5.61. The van der Waals surface area contributed by atoms with Crippen LogP contribution in [0, 0.1) is 12.7 Å². The van der Waals surface area contributed by atoms with E-state index >= 15 is 0 Å². The molecule has 122 valence electrons. The van der Waals surface area contributed by atoms with Crippen molar-refractivity contribution in [3.05, 3.63) is 58.4 Å². The first-order chi connectivity index (χ1) is 10.9. The highest BCUT2D eigenvalue weighted by Crippen LogP contribution is 2.32. The number of carbonyl (C=O) groups excluding carboxylic acids is 1. The zero-order chi connectivity index (χ0) is 17.0. The smallest absolute Gasteiger partial charge is 0.262 e. The summed E-state index contributed by atoms with van der Waals surface area (Å²) < 4.78 is 18.7. The summed E-state index contributed by atoms with van der Waals surface area (Å²) in [5.41, 5.74) is 2.23. The number of amides is 1. The Morgan fingerprint density at radius 2 is 2.04 bits per heavy atom. The number of ether oxygens (including phenoxy) is 1. The van der Waals surface area contributed by atoms with E-state index in [1.54, 1.807) is 6.07 Å². The van der Waals surface area contributed by atoms with Gasteiger partial charge in [0.1, 0.15) is 11.6 Å². The number of hydrogen-bond donors (Lipinski definition) is 1. The van der Waals surface area contributed by atoms with Gasteiger partial charge in [0, 0.05) is 10.7 Å². The van der Waals surface area contributed by atoms with Crippen LogP contribution < -0.4 is 10.1 Å². The normalized spacial score (nSPS) is 10.7. The van der Waals surface area contributed by atoms with Gasteiger partial charge in [-0.1, -0.05) is 31.5 Å². The number of halogens is 2. The predicted octanol–water partition coefficient (Wildman–Crippen LogP) is 4.93. The van der Waals surface area contributed by atoms with Gasteiger partial charge in [-0.05, 0) is 54.3 Å². The Balaban J connectivity index is 2.05. The van der Waals surface area contributed by atoms with Crippen LogP contribution >= 0.6 is 11.6 Å². The van der Waals surface area contributed by atoms with E-state index in [1.165, 1.54) is 18.2 Å². The molecule has 1 N–H and O–H groups in total. The number of anilines is 1. The van der Waals surface area contributed by atoms with Gasteiger partial charge in [0.15, 0.2) is 6.61 Å². The second-order valence-electron chi connectivity index (χ2n) is 5.64. The number of nitrogens with one attached hydrogen (secondary N) is 1. The lowest BCUT2D eigenvalue weighted by molar-refractivity contribution is -0.118. The van der Waals surface area contributed by atoms with Crippen LogP contribution in [-0.4, -0.2) is 12.5 Å². The first-order valence-electron chi connectivity index (χ1n) is 7.35. The molecule has 0 aliphatic carbocycles. The average Bonchev–Trinajstić information content (AvgIpc) is 2.47. The Bertz CT molecular complexity index is 716. The molecule has 0 bridgehead atoms. The summed E-state index contributed by atoms with van der Waals surface area (Å²) in [5.74, 6) is 0.0997. The summed E-state index contributed by atoms with van der Waals surface area (Å²) in [6, 6.07) is 9.41. The summed E-state index contributed by atoms with van der Waals surface area (Å²) >= 11 is 6.14. The fourth-order valence-electron chi connectivity index (χ4n) is 2.15. The molecular weight excluding hydrogens is 317 g/mol. The monoisotopic (exact) mass is 335 g/mol. The molecule has 0 unspecified atom stereocenters. The van der Waals surface area contributed by atoms with Crippen molar-refractivity contribution in [2.75, 3.05) is 11.9 Å². The molecular formula is C18H19ClFNO2. The number of benzene rings is 2. The largest absolute Gasteiger partial charge is 0.483 e. The highest BCUT2D eigenvalue weighted by atomic mass is 35.5. The molecule has 0 heterocycles. The molecule has 1 amide bonds. The molecule has 2 aromatic carbocycles. The maximum Gasteiger partial charge on any atom is 0.262 e. The van der Waals surface area contributed by atoms with Gasteiger partial charge in [-0.2, -0.15) is 0 Å². The SMILES string of the molecule is Cc1cc(OCC(=O)Nc2cccc(F)c2)c(C(C)C)cc1Cl. The van der Waals surface area contributed by atoms with E-state index in [4.69, 9.17) is 16.3 Å². The number of hydrogen-bond acceptors (Lipinski definition) is 2. The van der Waals surface area contributed by atoms with Crippen LogP contribution in [0.2, 0.25) is 5.02 Å². The van der Waals surface area contributed by atoms with Crippen molar-refractivity contribution in [1.29, 1.82) is 0 Å². The molecule has 0 aliphatic heterocycles. The summed E-state index contributed by atoms with van der Waals surface area (Å²) in [4.78, 5) is 11.9. The Hall–Kier alpha value is -2.07. The second-order valence-corrected chi connectivity index (χ2v) is 6.05. The molecule has 2 rings (SSSR count). The van der Waals surface area contributed by atoms with Gasteiger partial charge in [0.2, 0.25) is 0 Å². The van der Waals surface area contributed by atoms with Gasteiger partial charge in [0.25, 0.3) is 5.91 Å². The third-order valence-electron chi connectivity index (χ3n) is 3.38. The number of rotatable bonds is 5. The fraction of sp³-hybridized carbons (Fsp3) is 0.278. The first-order valence-corrected chi connectivity index (χ1v) is 7.73. The molecule has 0 spiro atoms. The Morgan fingerprint density at radius 1 is 1.30 bits per heavy atom. The van der Waals surface area contributed by atoms with Crippen LogP contribution in [0.1, 0.15) is 30.9 Å². The van der Waals surface area contributed by atoms with Crippen molar-refractivity contribution in [3.8, 4) is 5.75 Å². The molecule has 0 radical (unpaired) electrons. The van der Waals surface area contributed by atoms with Gasteiger partial charge in [-0.15, -0.1) is 0 Å². The van der Waals surface area contributed by atoms with Crippen LogP contribution in [0.3, 0.4) is 0 Å². The zero-order valence-electron chi connectivity index (χ0n) is 13.3. The third-order valence-corrected chi connectivity index (χ3v) is 3.79. The van der Waals surface area contributed by atoms with Crippen LogP contribution in [0.5, 0.6) is 5.75 Å². The average molecular weight is 336 g/mol. The lowest BCUT2D eigenvalue weighted by Crippen LogP contribution is -2.20. The van der Waals surface area contributed by atoms with Gasteiger partial charge in [0.05, 0.1) is 0 Å². The lowest BCUT2D eigenvalue weighted by atomic mass is 10.0. The quantitative estimate of drug-likeness (QED) is 0.841. The number of carbonyl (C=O) groups is 1. The highest BCUT2D eigenvalue weighted by Gasteiger charge is 2.13. The van der Waals surface area contributed by atoms with Crippen molar-refractivity contribution in [1.82, 2.24) is 0 Å². The van der Waals surface area contributed by atoms with Crippen LogP contribution in [0.15, 0.2) is 36.4 Å². The van der Waals surface area contributed by atoms with Crippen molar-refractivity contribution >= 4 is 23.2 Å². The van der Waals surface area contributed by atoms with Crippen molar-refractivity contribution in [3.63, 3.8) is 0 Å². The van der Waals surface area contributed by atoms with E-state index in [0.29, 0.717) is 16.5 Å². The second kappa shape index (κ2) is 7.47. The van der Waals surface area contributed by atoms with Gasteiger partial charge < -0.3 is 10.1 Å². The zero-order valence-corrected chi connectivity index (χ0v) is 14.1. The Morgan fingerprint density at radius 3 is 2.70 bits per heavy atom. The van der Waals surface area contributed by atoms with Crippen molar-refractivity contribution in [2.45, 2.75) is 26.7 Å². The van der Waals surface area contributed by atoms with E-state index in [9.17, 15) is 9.18 Å². The minimum absolute atomic E-state index is 0.155. The molecule has 0 saturated carbocycles. The van der Waals surface area contributed by atoms with Crippen molar-refractivity contribution in [2.24, 2.45) is 0 Å². The molecule has 0 fully saturated rings. The molecule has 0 atom stereocenters. The summed E-state index contributed by atoms with van der Waals surface area (Å²) in [6.07, 6.45) is 0. The summed E-state index contributed by atoms with van der Waals surface area (Å²) in [5, 5.41) is 3.27. The summed E-state index contributed by atoms with van der Waals surface area (Å²) in [7, 11) is 0. The predicted molar refractivity (Wildman–Crippen MR) is 90.8 cm³/mol. The maximum atomic E-state index is 13.1. The van der Waals surface area contributed by atoms with Gasteiger partial charge in [-0.3, -0.25) is 4.79 Å². The Labute approximate surface area is 140 Å². The van der Waals surface area contributed by atoms with E-state index in [-0.39, 0.29) is 18.4 Å². The minimum Gasteiger partial charge on any atom is -0.483 e. The molecule has 23 heavy (non-hydrogen) atoms. The molecule has 0 saturated heterocycles. The van der Waals surface area contributed by atoms with E-state index in [2.05, 4.69) is 5.32 Å². The van der Waals surface area contributed by atoms with E-state index in [0.717, 1.165) is 11.1 Å². The molecule has 0 aromatic heterocycles. The lowest BCUT2D eigenvalue weighted by Gasteiger charge is -2.16. The maximum absolute atomic E-state index is 13.1.